The van der Waals surface area contributed by atoms with Crippen LogP contribution in [0.2, 0.25) is 0 Å². The van der Waals surface area contributed by atoms with Gasteiger partial charge in [0, 0.05) is 58.2 Å². The van der Waals surface area contributed by atoms with E-state index in [0.29, 0.717) is 18.9 Å². The average molecular weight is 555 g/mol. The van der Waals surface area contributed by atoms with Crippen molar-refractivity contribution in [2.75, 3.05) is 48.6 Å². The first-order chi connectivity index (χ1) is 18.5. The van der Waals surface area contributed by atoms with Gasteiger partial charge in [-0.3, -0.25) is 19.7 Å². The second kappa shape index (κ2) is 35.5. The number of ether oxygens (including phenoxy) is 3. The van der Waals surface area contributed by atoms with E-state index in [1.807, 2.05) is 40.0 Å². The van der Waals surface area contributed by atoms with E-state index in [-0.39, 0.29) is 12.3 Å². The molecule has 9 heteroatoms. The van der Waals surface area contributed by atoms with Crippen LogP contribution in [0, 0.1) is 12.8 Å². The van der Waals surface area contributed by atoms with Gasteiger partial charge in [-0.2, -0.15) is 0 Å². The number of carbonyl (C=O) groups is 1. The average Bonchev–Trinajstić information content (AvgIpc) is 2.96. The predicted molar refractivity (Wildman–Crippen MR) is 162 cm³/mol. The van der Waals surface area contributed by atoms with Crippen LogP contribution in [0.4, 0.5) is 0 Å². The molecular weight excluding hydrogens is 496 g/mol. The molecule has 0 aliphatic carbocycles. The Balaban J connectivity index is -0.000000190. The Morgan fingerprint density at radius 2 is 1.54 bits per heavy atom. The highest BCUT2D eigenvalue weighted by molar-refractivity contribution is 5.68. The zero-order valence-corrected chi connectivity index (χ0v) is 26.8. The number of nitrogens with zero attached hydrogens (tertiary/aromatic N) is 4. The molecule has 2 heterocycles. The molecule has 2 aromatic heterocycles. The topological polar surface area (TPSA) is 107 Å². The first-order valence-corrected chi connectivity index (χ1v) is 13.5. The van der Waals surface area contributed by atoms with Gasteiger partial charge in [0.15, 0.2) is 6.29 Å². The number of aryl methyl sites for hydroxylation is 2. The summed E-state index contributed by atoms with van der Waals surface area (Å²) >= 11 is 0. The number of aromatic nitrogens is 3. The van der Waals surface area contributed by atoms with Crippen LogP contribution < -0.4 is 0 Å². The molecule has 0 saturated heterocycles. The summed E-state index contributed by atoms with van der Waals surface area (Å²) in [4.78, 5) is 23.8. The van der Waals surface area contributed by atoms with E-state index < -0.39 is 0 Å². The lowest BCUT2D eigenvalue weighted by Crippen LogP contribution is -2.11. The predicted octanol–water partition coefficient (Wildman–Crippen LogP) is 5.61. The molecule has 0 aromatic carbocycles. The number of hydrogen-bond donors (Lipinski definition) is 1. The molecule has 1 N–H and O–H groups in total. The van der Waals surface area contributed by atoms with E-state index in [1.165, 1.54) is 25.6 Å². The van der Waals surface area contributed by atoms with Gasteiger partial charge in [0.2, 0.25) is 0 Å². The quantitative estimate of drug-likeness (QED) is 0.329. The minimum atomic E-state index is -0.157. The van der Waals surface area contributed by atoms with Crippen molar-refractivity contribution in [2.45, 2.75) is 80.4 Å². The summed E-state index contributed by atoms with van der Waals surface area (Å²) in [5, 5.41) is 8.14. The molecule has 0 aliphatic heterocycles. The molecule has 228 valence electrons. The van der Waals surface area contributed by atoms with Crippen molar-refractivity contribution in [3.05, 3.63) is 54.4 Å². The monoisotopic (exact) mass is 554 g/mol. The number of pyridine rings is 1. The number of methoxy groups -OCH3 is 3. The normalized spacial score (nSPS) is 9.23. The summed E-state index contributed by atoms with van der Waals surface area (Å²) in [6.45, 7) is 15.4. The summed E-state index contributed by atoms with van der Waals surface area (Å²) in [7, 11) is 8.83. The fourth-order valence-electron chi connectivity index (χ4n) is 2.00. The third kappa shape index (κ3) is 42.9. The van der Waals surface area contributed by atoms with Crippen molar-refractivity contribution in [1.29, 1.82) is 0 Å². The van der Waals surface area contributed by atoms with Crippen molar-refractivity contribution in [2.24, 2.45) is 5.92 Å². The summed E-state index contributed by atoms with van der Waals surface area (Å²) in [5.74, 6) is 0.282. The second-order valence-electron chi connectivity index (χ2n) is 8.68. The van der Waals surface area contributed by atoms with Gasteiger partial charge >= 0.3 is 5.97 Å². The summed E-state index contributed by atoms with van der Waals surface area (Å²) in [6, 6.07) is 4.03. The van der Waals surface area contributed by atoms with Crippen LogP contribution in [0.1, 0.15) is 72.1 Å². The zero-order valence-electron chi connectivity index (χ0n) is 26.8. The molecule has 0 saturated carbocycles. The fourth-order valence-corrected chi connectivity index (χ4v) is 2.00. The lowest BCUT2D eigenvalue weighted by Gasteiger charge is -2.08. The van der Waals surface area contributed by atoms with E-state index in [1.54, 1.807) is 45.9 Å². The number of carbonyl (C=O) groups excluding carboxylic acids is 1. The maximum Gasteiger partial charge on any atom is 0.305 e. The molecule has 0 atom stereocenters. The number of aliphatic hydroxyl groups excluding tert-OH is 1. The highest BCUT2D eigenvalue weighted by atomic mass is 16.7. The molecule has 2 rings (SSSR count). The maximum atomic E-state index is 9.96. The van der Waals surface area contributed by atoms with Crippen LogP contribution in [0.15, 0.2) is 43.1 Å². The summed E-state index contributed by atoms with van der Waals surface area (Å²) in [5.41, 5.74) is 2.26. The van der Waals surface area contributed by atoms with Crippen LogP contribution >= 0.6 is 0 Å². The number of aliphatic hydroxyl groups is 1. The lowest BCUT2D eigenvalue weighted by atomic mass is 10.2. The molecule has 0 bridgehead atoms. The second-order valence-corrected chi connectivity index (χ2v) is 8.68. The molecule has 0 unspecified atom stereocenters. The van der Waals surface area contributed by atoms with E-state index in [4.69, 9.17) is 14.6 Å². The third-order valence-electron chi connectivity index (χ3n) is 4.23. The number of esters is 1. The van der Waals surface area contributed by atoms with Gasteiger partial charge in [0.25, 0.3) is 0 Å². The van der Waals surface area contributed by atoms with Gasteiger partial charge in [0.1, 0.15) is 0 Å². The zero-order chi connectivity index (χ0) is 30.9. The van der Waals surface area contributed by atoms with Crippen molar-refractivity contribution < 1.29 is 24.1 Å². The molecular formula is C30H58N4O5. The van der Waals surface area contributed by atoms with Crippen LogP contribution in [-0.4, -0.2) is 85.8 Å². The van der Waals surface area contributed by atoms with E-state index in [2.05, 4.69) is 58.6 Å². The van der Waals surface area contributed by atoms with Gasteiger partial charge in [0.05, 0.1) is 12.8 Å². The van der Waals surface area contributed by atoms with Gasteiger partial charge in [-0.1, -0.05) is 47.6 Å². The molecule has 0 aliphatic rings. The van der Waals surface area contributed by atoms with E-state index in [9.17, 15) is 4.79 Å². The lowest BCUT2D eigenvalue weighted by molar-refractivity contribution is -0.140. The smallest absolute Gasteiger partial charge is 0.305 e. The first-order valence-electron chi connectivity index (χ1n) is 13.5. The van der Waals surface area contributed by atoms with Gasteiger partial charge in [-0.05, 0) is 64.4 Å². The molecule has 0 spiro atoms. The Morgan fingerprint density at radius 1 is 0.974 bits per heavy atom. The number of hydrogen-bond acceptors (Lipinski definition) is 9. The fraction of sp³-hybridized carbons (Fsp3) is 0.667. The third-order valence-corrected chi connectivity index (χ3v) is 4.23. The molecule has 0 fully saturated rings. The van der Waals surface area contributed by atoms with Gasteiger partial charge < -0.3 is 24.2 Å². The van der Waals surface area contributed by atoms with Gasteiger partial charge in [-0.25, -0.2) is 0 Å². The Kier molecular flexibility index (Phi) is 39.7. The Morgan fingerprint density at radius 3 is 1.67 bits per heavy atom. The van der Waals surface area contributed by atoms with Crippen LogP contribution in [0.25, 0.3) is 0 Å². The van der Waals surface area contributed by atoms with Gasteiger partial charge in [-0.15, -0.1) is 0 Å². The van der Waals surface area contributed by atoms with E-state index >= 15 is 0 Å². The standard InChI is InChI=1S/C7H9N.C5H6N2.C5H13N.C5H12O2.C4H8O2.C4H10O/c1-2-7-4-3-5-8-6-7;1-5-4-6-2-3-7-5;1-4-5-6(2)3;1-4-5(6-2)7-3;1-3-4(5)6-2;1-4(2)3-5/h3-6H,2H2,1H3;2-4H,1H3;4-5H2,1-3H3;5H,4H2,1-3H3;3H2,1-2H3;4-5H,3H2,1-2H3. The Labute approximate surface area is 239 Å². The minimum Gasteiger partial charge on any atom is -0.469 e. The van der Waals surface area contributed by atoms with E-state index in [0.717, 1.165) is 18.5 Å². The van der Waals surface area contributed by atoms with Crippen LogP contribution in [0.3, 0.4) is 0 Å². The van der Waals surface area contributed by atoms with Crippen LogP contribution in [-0.2, 0) is 25.4 Å². The molecule has 9 nitrogen and oxygen atoms in total. The minimum absolute atomic E-state index is 0.0139. The van der Waals surface area contributed by atoms with Crippen molar-refractivity contribution in [1.82, 2.24) is 19.9 Å². The largest absolute Gasteiger partial charge is 0.469 e. The molecule has 39 heavy (non-hydrogen) atoms. The highest BCUT2D eigenvalue weighted by Gasteiger charge is 1.96. The summed E-state index contributed by atoms with van der Waals surface area (Å²) in [6.07, 6.45) is 12.4. The van der Waals surface area contributed by atoms with Crippen LogP contribution in [0.5, 0.6) is 0 Å². The molecule has 0 amide bonds. The SMILES string of the molecule is CC(C)CO.CCC(=O)OC.CCC(OC)OC.CCCN(C)C.CCc1cccnc1.Cc1cnccn1. The Bertz CT molecular complexity index is 690. The highest BCUT2D eigenvalue weighted by Crippen LogP contribution is 1.94. The van der Waals surface area contributed by atoms with Crippen molar-refractivity contribution >= 4 is 5.97 Å². The first kappa shape index (κ1) is 43.6. The Hall–Kier alpha value is -2.46. The summed E-state index contributed by atoms with van der Waals surface area (Å²) < 4.78 is 13.9. The maximum absolute atomic E-state index is 9.96. The van der Waals surface area contributed by atoms with Crippen molar-refractivity contribution in [3.8, 4) is 0 Å². The molecule has 0 radical (unpaired) electrons. The van der Waals surface area contributed by atoms with Crippen molar-refractivity contribution in [3.63, 3.8) is 0 Å². The number of rotatable bonds is 8. The molecule has 2 aromatic rings.